The molecule has 0 saturated heterocycles. The standard InChI is InChI=1S/C24H20Cl3N3O4/c1-14-3-7-18(11-19(14)26)29-23(31)24(32)30-28-12-15-4-8-21(22(9-15)33-2)34-13-16-5-6-17(25)10-20(16)27/h3-12H,13H2,1-2H3,(H,29,31)(H,30,32)/b28-12+. The van der Waals surface area contributed by atoms with E-state index >= 15 is 0 Å². The fourth-order valence-corrected chi connectivity index (χ4v) is 3.40. The van der Waals surface area contributed by atoms with Crippen LogP contribution in [0.15, 0.2) is 59.7 Å². The van der Waals surface area contributed by atoms with Gasteiger partial charge in [-0.15, -0.1) is 0 Å². The maximum Gasteiger partial charge on any atom is 0.329 e. The third-order valence-corrected chi connectivity index (χ3v) is 5.60. The number of methoxy groups -OCH3 is 1. The van der Waals surface area contributed by atoms with Crippen molar-refractivity contribution in [2.75, 3.05) is 12.4 Å². The van der Waals surface area contributed by atoms with E-state index in [4.69, 9.17) is 44.3 Å². The summed E-state index contributed by atoms with van der Waals surface area (Å²) in [6.07, 6.45) is 1.37. The number of anilines is 1. The SMILES string of the molecule is COc1cc(/C=N/NC(=O)C(=O)Nc2ccc(C)c(Cl)c2)ccc1OCc1ccc(Cl)cc1Cl. The highest BCUT2D eigenvalue weighted by atomic mass is 35.5. The molecular formula is C24H20Cl3N3O4. The monoisotopic (exact) mass is 519 g/mol. The number of amides is 2. The maximum absolute atomic E-state index is 12.0. The normalized spacial score (nSPS) is 10.7. The number of rotatable bonds is 7. The third kappa shape index (κ3) is 6.87. The molecule has 176 valence electrons. The van der Waals surface area contributed by atoms with E-state index in [1.54, 1.807) is 54.6 Å². The van der Waals surface area contributed by atoms with Crippen molar-refractivity contribution >= 4 is 58.5 Å². The number of nitrogens with one attached hydrogen (secondary N) is 2. The van der Waals surface area contributed by atoms with Crippen LogP contribution in [0.1, 0.15) is 16.7 Å². The molecule has 0 unspecified atom stereocenters. The first kappa shape index (κ1) is 25.4. The summed E-state index contributed by atoms with van der Waals surface area (Å²) >= 11 is 18.1. The number of ether oxygens (including phenoxy) is 2. The van der Waals surface area contributed by atoms with E-state index in [2.05, 4.69) is 15.8 Å². The van der Waals surface area contributed by atoms with E-state index in [9.17, 15) is 9.59 Å². The fourth-order valence-electron chi connectivity index (χ4n) is 2.75. The van der Waals surface area contributed by atoms with Crippen LogP contribution in [0.3, 0.4) is 0 Å². The van der Waals surface area contributed by atoms with Crippen molar-refractivity contribution < 1.29 is 19.1 Å². The number of benzene rings is 3. The molecule has 0 saturated carbocycles. The van der Waals surface area contributed by atoms with Gasteiger partial charge in [-0.2, -0.15) is 5.10 Å². The zero-order valence-corrected chi connectivity index (χ0v) is 20.5. The smallest absolute Gasteiger partial charge is 0.329 e. The van der Waals surface area contributed by atoms with Crippen LogP contribution >= 0.6 is 34.8 Å². The average Bonchev–Trinajstić information content (AvgIpc) is 2.81. The predicted octanol–water partition coefficient (Wildman–Crippen LogP) is 5.63. The zero-order chi connectivity index (χ0) is 24.7. The highest BCUT2D eigenvalue weighted by Crippen LogP contribution is 2.30. The lowest BCUT2D eigenvalue weighted by Gasteiger charge is -2.12. The molecule has 0 aromatic heterocycles. The molecule has 34 heavy (non-hydrogen) atoms. The second-order valence-corrected chi connectivity index (χ2v) is 8.30. The average molecular weight is 521 g/mol. The van der Waals surface area contributed by atoms with E-state index in [-0.39, 0.29) is 6.61 Å². The Morgan fingerprint density at radius 2 is 1.74 bits per heavy atom. The lowest BCUT2D eigenvalue weighted by atomic mass is 10.2. The van der Waals surface area contributed by atoms with Gasteiger partial charge in [0.15, 0.2) is 11.5 Å². The largest absolute Gasteiger partial charge is 0.493 e. The van der Waals surface area contributed by atoms with Gasteiger partial charge in [-0.05, 0) is 60.5 Å². The van der Waals surface area contributed by atoms with Gasteiger partial charge in [-0.25, -0.2) is 5.43 Å². The minimum absolute atomic E-state index is 0.219. The Morgan fingerprint density at radius 3 is 2.44 bits per heavy atom. The molecule has 0 aliphatic rings. The molecule has 0 fully saturated rings. The van der Waals surface area contributed by atoms with Crippen molar-refractivity contribution in [3.05, 3.63) is 86.4 Å². The van der Waals surface area contributed by atoms with Gasteiger partial charge >= 0.3 is 11.8 Å². The van der Waals surface area contributed by atoms with Gasteiger partial charge in [0, 0.05) is 26.3 Å². The van der Waals surface area contributed by atoms with Gasteiger partial charge in [0.05, 0.1) is 13.3 Å². The molecular weight excluding hydrogens is 501 g/mol. The van der Waals surface area contributed by atoms with Crippen LogP contribution in [0.4, 0.5) is 5.69 Å². The minimum atomic E-state index is -0.931. The Morgan fingerprint density at radius 1 is 0.941 bits per heavy atom. The molecule has 0 radical (unpaired) electrons. The van der Waals surface area contributed by atoms with Crippen molar-refractivity contribution in [3.63, 3.8) is 0 Å². The molecule has 2 amide bonds. The lowest BCUT2D eigenvalue weighted by Crippen LogP contribution is -2.32. The van der Waals surface area contributed by atoms with Crippen LogP contribution in [0.5, 0.6) is 11.5 Å². The summed E-state index contributed by atoms with van der Waals surface area (Å²) in [6, 6.07) is 15.2. The first-order valence-electron chi connectivity index (χ1n) is 9.92. The summed E-state index contributed by atoms with van der Waals surface area (Å²) in [5.41, 5.74) is 4.82. The van der Waals surface area contributed by atoms with Crippen molar-refractivity contribution in [2.24, 2.45) is 5.10 Å². The maximum atomic E-state index is 12.0. The molecule has 0 bridgehead atoms. The molecule has 10 heteroatoms. The Bertz CT molecular complexity index is 1250. The molecule has 0 atom stereocenters. The Labute approximate surface area is 211 Å². The fraction of sp³-hybridized carbons (Fsp3) is 0.125. The van der Waals surface area contributed by atoms with Crippen LogP contribution < -0.4 is 20.2 Å². The van der Waals surface area contributed by atoms with Gasteiger partial charge in [-0.1, -0.05) is 46.9 Å². The van der Waals surface area contributed by atoms with Gasteiger partial charge in [-0.3, -0.25) is 9.59 Å². The highest BCUT2D eigenvalue weighted by Gasteiger charge is 2.13. The molecule has 2 N–H and O–H groups in total. The number of hydrogen-bond acceptors (Lipinski definition) is 5. The van der Waals surface area contributed by atoms with Crippen molar-refractivity contribution in [2.45, 2.75) is 13.5 Å². The molecule has 0 spiro atoms. The number of hydrazone groups is 1. The van der Waals surface area contributed by atoms with Crippen molar-refractivity contribution in [1.29, 1.82) is 0 Å². The topological polar surface area (TPSA) is 89.0 Å². The van der Waals surface area contributed by atoms with Gasteiger partial charge < -0.3 is 14.8 Å². The van der Waals surface area contributed by atoms with Gasteiger partial charge in [0.1, 0.15) is 6.61 Å². The summed E-state index contributed by atoms with van der Waals surface area (Å²) in [6.45, 7) is 2.05. The first-order valence-corrected chi connectivity index (χ1v) is 11.1. The minimum Gasteiger partial charge on any atom is -0.493 e. The number of aryl methyl sites for hydroxylation is 1. The molecule has 0 heterocycles. The van der Waals surface area contributed by atoms with Crippen LogP contribution in [0.2, 0.25) is 15.1 Å². The molecule has 3 aromatic rings. The summed E-state index contributed by atoms with van der Waals surface area (Å²) in [4.78, 5) is 24.0. The first-order chi connectivity index (χ1) is 16.3. The number of carbonyl (C=O) groups excluding carboxylic acids is 2. The summed E-state index contributed by atoms with van der Waals surface area (Å²) in [7, 11) is 1.50. The molecule has 7 nitrogen and oxygen atoms in total. The zero-order valence-electron chi connectivity index (χ0n) is 18.2. The van der Waals surface area contributed by atoms with E-state index < -0.39 is 11.8 Å². The predicted molar refractivity (Wildman–Crippen MR) is 134 cm³/mol. The quantitative estimate of drug-likeness (QED) is 0.240. The number of hydrogen-bond donors (Lipinski definition) is 2. The lowest BCUT2D eigenvalue weighted by molar-refractivity contribution is -0.136. The van der Waals surface area contributed by atoms with Gasteiger partial charge in [0.2, 0.25) is 0 Å². The van der Waals surface area contributed by atoms with Crippen molar-refractivity contribution in [1.82, 2.24) is 5.43 Å². The van der Waals surface area contributed by atoms with Crippen LogP contribution in [-0.2, 0) is 16.2 Å². The molecule has 3 aromatic carbocycles. The summed E-state index contributed by atoms with van der Waals surface area (Å²) in [5.74, 6) is -0.862. The second kappa shape index (κ2) is 11.7. The highest BCUT2D eigenvalue weighted by molar-refractivity contribution is 6.40. The Balaban J connectivity index is 1.58. The third-order valence-electron chi connectivity index (χ3n) is 4.60. The van der Waals surface area contributed by atoms with Crippen LogP contribution in [-0.4, -0.2) is 25.1 Å². The van der Waals surface area contributed by atoms with E-state index in [1.165, 1.54) is 13.3 Å². The van der Waals surface area contributed by atoms with Gasteiger partial charge in [0.25, 0.3) is 0 Å². The van der Waals surface area contributed by atoms with Crippen LogP contribution in [0, 0.1) is 6.92 Å². The summed E-state index contributed by atoms with van der Waals surface area (Å²) in [5, 5.41) is 7.79. The van der Waals surface area contributed by atoms with E-state index in [1.807, 2.05) is 6.92 Å². The number of carbonyl (C=O) groups is 2. The van der Waals surface area contributed by atoms with Crippen molar-refractivity contribution in [3.8, 4) is 11.5 Å². The van der Waals surface area contributed by atoms with E-state index in [0.717, 1.165) is 11.1 Å². The number of nitrogens with zero attached hydrogens (tertiary/aromatic N) is 1. The number of halogens is 3. The summed E-state index contributed by atoms with van der Waals surface area (Å²) < 4.78 is 11.2. The molecule has 3 rings (SSSR count). The molecule has 0 aliphatic heterocycles. The Hall–Kier alpha value is -3.26. The van der Waals surface area contributed by atoms with Crippen LogP contribution in [0.25, 0.3) is 0 Å². The second-order valence-electron chi connectivity index (χ2n) is 7.05. The Kier molecular flexibility index (Phi) is 8.76. The molecule has 0 aliphatic carbocycles. The van der Waals surface area contributed by atoms with E-state index in [0.29, 0.717) is 37.8 Å².